The second kappa shape index (κ2) is 6.58. The van der Waals surface area contributed by atoms with Gasteiger partial charge >= 0.3 is 5.97 Å². The first-order valence-electron chi connectivity index (χ1n) is 7.05. The van der Waals surface area contributed by atoms with E-state index in [1.807, 2.05) is 41.8 Å². The van der Waals surface area contributed by atoms with Crippen LogP contribution in [-0.4, -0.2) is 23.3 Å². The maximum atomic E-state index is 12.1. The molecule has 0 unspecified atom stereocenters. The molecule has 1 aromatic carbocycles. The van der Waals surface area contributed by atoms with Crippen molar-refractivity contribution in [3.8, 4) is 0 Å². The van der Waals surface area contributed by atoms with E-state index in [0.717, 1.165) is 15.8 Å². The quantitative estimate of drug-likeness (QED) is 0.424. The van der Waals surface area contributed by atoms with Gasteiger partial charge in [-0.2, -0.15) is 0 Å². The molecule has 2 aromatic heterocycles. The fraction of sp³-hybridized carbons (Fsp3) is 0.176. The van der Waals surface area contributed by atoms with Crippen LogP contribution in [0, 0.1) is 0 Å². The van der Waals surface area contributed by atoms with Crippen LogP contribution in [0.25, 0.3) is 10.9 Å². The van der Waals surface area contributed by atoms with E-state index in [1.165, 1.54) is 11.3 Å². The molecule has 0 spiro atoms. The minimum atomic E-state index is -0.360. The average molecular weight is 313 g/mol. The van der Waals surface area contributed by atoms with E-state index in [4.69, 9.17) is 4.74 Å². The minimum absolute atomic E-state index is 0.0955. The van der Waals surface area contributed by atoms with Gasteiger partial charge in [-0.25, -0.2) is 4.79 Å². The van der Waals surface area contributed by atoms with Crippen LogP contribution in [0.1, 0.15) is 32.9 Å². The summed E-state index contributed by atoms with van der Waals surface area (Å²) in [7, 11) is 0. The molecule has 0 bridgehead atoms. The Labute approximate surface area is 131 Å². The Bertz CT molecular complexity index is 789. The second-order valence-corrected chi connectivity index (χ2v) is 5.84. The molecule has 0 aliphatic rings. The third-order valence-electron chi connectivity index (χ3n) is 3.39. The van der Waals surface area contributed by atoms with Crippen LogP contribution in [0.3, 0.4) is 0 Å². The number of Topliss-reactive ketones (excluding diaryl/α,β-unsaturated/α-hetero) is 1. The summed E-state index contributed by atoms with van der Waals surface area (Å²) in [5.41, 5.74) is 1.43. The lowest BCUT2D eigenvalue weighted by Gasteiger charge is -2.03. The van der Waals surface area contributed by atoms with Crippen molar-refractivity contribution >= 4 is 34.0 Å². The molecule has 2 heterocycles. The van der Waals surface area contributed by atoms with Crippen molar-refractivity contribution in [1.82, 2.24) is 4.98 Å². The van der Waals surface area contributed by atoms with Gasteiger partial charge in [0.15, 0.2) is 5.78 Å². The number of carbonyl (C=O) groups is 2. The molecule has 0 radical (unpaired) electrons. The zero-order chi connectivity index (χ0) is 15.4. The highest BCUT2D eigenvalue weighted by atomic mass is 32.1. The molecule has 0 saturated heterocycles. The van der Waals surface area contributed by atoms with Gasteiger partial charge in [0, 0.05) is 23.5 Å². The van der Waals surface area contributed by atoms with Gasteiger partial charge < -0.3 is 9.72 Å². The molecule has 0 amide bonds. The largest absolute Gasteiger partial charge is 0.462 e. The van der Waals surface area contributed by atoms with E-state index in [1.54, 1.807) is 6.20 Å². The van der Waals surface area contributed by atoms with E-state index >= 15 is 0 Å². The van der Waals surface area contributed by atoms with Gasteiger partial charge in [0.05, 0.1) is 17.0 Å². The predicted octanol–water partition coefficient (Wildman–Crippen LogP) is 4.05. The standard InChI is InChI=1S/C17H15NO3S/c19-15(16-8-4-10-22-16)7-3-9-21-17(20)13-11-18-14-6-2-1-5-12(13)14/h1-2,4-6,8,10-11,18H,3,7,9H2. The van der Waals surface area contributed by atoms with Crippen molar-refractivity contribution < 1.29 is 14.3 Å². The van der Waals surface area contributed by atoms with Crippen LogP contribution in [0.4, 0.5) is 0 Å². The molecule has 0 aliphatic carbocycles. The first kappa shape index (κ1) is 14.5. The van der Waals surface area contributed by atoms with Crippen LogP contribution < -0.4 is 0 Å². The first-order chi connectivity index (χ1) is 10.8. The lowest BCUT2D eigenvalue weighted by atomic mass is 10.2. The summed E-state index contributed by atoms with van der Waals surface area (Å²) >= 11 is 1.43. The van der Waals surface area contributed by atoms with Crippen molar-refractivity contribution in [2.24, 2.45) is 0 Å². The predicted molar refractivity (Wildman–Crippen MR) is 86.5 cm³/mol. The fourth-order valence-electron chi connectivity index (χ4n) is 2.28. The Morgan fingerprint density at radius 1 is 1.14 bits per heavy atom. The number of thiophene rings is 1. The Kier molecular flexibility index (Phi) is 4.34. The molecule has 112 valence electrons. The van der Waals surface area contributed by atoms with Crippen molar-refractivity contribution in [2.45, 2.75) is 12.8 Å². The van der Waals surface area contributed by atoms with Crippen LogP contribution >= 0.6 is 11.3 Å². The molecule has 0 fully saturated rings. The number of rotatable bonds is 6. The number of carbonyl (C=O) groups excluding carboxylic acids is 2. The molecular formula is C17H15NO3S. The monoisotopic (exact) mass is 313 g/mol. The minimum Gasteiger partial charge on any atom is -0.462 e. The molecule has 0 atom stereocenters. The molecule has 0 saturated carbocycles. The van der Waals surface area contributed by atoms with Crippen molar-refractivity contribution in [2.75, 3.05) is 6.61 Å². The highest BCUT2D eigenvalue weighted by Crippen LogP contribution is 2.18. The van der Waals surface area contributed by atoms with Crippen molar-refractivity contribution in [3.05, 3.63) is 58.4 Å². The number of benzene rings is 1. The molecular weight excluding hydrogens is 298 g/mol. The maximum Gasteiger partial charge on any atom is 0.340 e. The topological polar surface area (TPSA) is 59.2 Å². The molecule has 22 heavy (non-hydrogen) atoms. The number of hydrogen-bond donors (Lipinski definition) is 1. The Balaban J connectivity index is 1.51. The third kappa shape index (κ3) is 3.09. The number of para-hydroxylation sites is 1. The number of esters is 1. The Morgan fingerprint density at radius 2 is 2.00 bits per heavy atom. The van der Waals surface area contributed by atoms with Crippen LogP contribution in [0.15, 0.2) is 48.0 Å². The molecule has 5 heteroatoms. The molecule has 4 nitrogen and oxygen atoms in total. The summed E-state index contributed by atoms with van der Waals surface area (Å²) in [6.45, 7) is 0.245. The van der Waals surface area contributed by atoms with Crippen molar-refractivity contribution in [1.29, 1.82) is 0 Å². The summed E-state index contributed by atoms with van der Waals surface area (Å²) in [6.07, 6.45) is 2.58. The van der Waals surface area contributed by atoms with E-state index in [9.17, 15) is 9.59 Å². The lowest BCUT2D eigenvalue weighted by Crippen LogP contribution is -2.07. The van der Waals surface area contributed by atoms with E-state index in [-0.39, 0.29) is 18.4 Å². The van der Waals surface area contributed by atoms with Gasteiger partial charge in [-0.3, -0.25) is 4.79 Å². The molecule has 0 aliphatic heterocycles. The number of nitrogens with one attached hydrogen (secondary N) is 1. The van der Waals surface area contributed by atoms with Crippen molar-refractivity contribution in [3.63, 3.8) is 0 Å². The van der Waals surface area contributed by atoms with Gasteiger partial charge in [-0.15, -0.1) is 11.3 Å². The second-order valence-electron chi connectivity index (χ2n) is 4.89. The average Bonchev–Trinajstić information content (AvgIpc) is 3.20. The molecule has 1 N–H and O–H groups in total. The van der Waals surface area contributed by atoms with E-state index < -0.39 is 0 Å². The summed E-state index contributed by atoms with van der Waals surface area (Å²) in [5.74, 6) is -0.265. The van der Waals surface area contributed by atoms with Gasteiger partial charge in [-0.05, 0) is 23.9 Å². The normalized spacial score (nSPS) is 10.7. The summed E-state index contributed by atoms with van der Waals surface area (Å²) in [4.78, 5) is 27.7. The smallest absolute Gasteiger partial charge is 0.340 e. The number of H-pyrrole nitrogens is 1. The third-order valence-corrected chi connectivity index (χ3v) is 4.30. The lowest BCUT2D eigenvalue weighted by molar-refractivity contribution is 0.0496. The Hall–Kier alpha value is -2.40. The zero-order valence-electron chi connectivity index (χ0n) is 11.9. The highest BCUT2D eigenvalue weighted by molar-refractivity contribution is 7.12. The number of ether oxygens (including phenoxy) is 1. The van der Waals surface area contributed by atoms with E-state index in [2.05, 4.69) is 4.98 Å². The first-order valence-corrected chi connectivity index (χ1v) is 7.93. The number of fused-ring (bicyclic) bond motifs is 1. The van der Waals surface area contributed by atoms with E-state index in [0.29, 0.717) is 18.4 Å². The highest BCUT2D eigenvalue weighted by Gasteiger charge is 2.13. The maximum absolute atomic E-state index is 12.1. The molecule has 3 aromatic rings. The number of hydrogen-bond acceptors (Lipinski definition) is 4. The number of ketones is 1. The SMILES string of the molecule is O=C(CCCOC(=O)c1c[nH]c2ccccc12)c1cccs1. The van der Waals surface area contributed by atoms with Gasteiger partial charge in [0.1, 0.15) is 0 Å². The molecule has 3 rings (SSSR count). The number of aromatic amines is 1. The Morgan fingerprint density at radius 3 is 2.82 bits per heavy atom. The van der Waals surface area contributed by atoms with Crippen LogP contribution in [0.2, 0.25) is 0 Å². The van der Waals surface area contributed by atoms with Gasteiger partial charge in [-0.1, -0.05) is 24.3 Å². The fourth-order valence-corrected chi connectivity index (χ4v) is 2.97. The summed E-state index contributed by atoms with van der Waals surface area (Å²) in [5, 5.41) is 2.73. The zero-order valence-corrected chi connectivity index (χ0v) is 12.7. The number of aromatic nitrogens is 1. The summed E-state index contributed by atoms with van der Waals surface area (Å²) in [6, 6.07) is 11.2. The summed E-state index contributed by atoms with van der Waals surface area (Å²) < 4.78 is 5.25. The van der Waals surface area contributed by atoms with Crippen LogP contribution in [-0.2, 0) is 4.74 Å². The van der Waals surface area contributed by atoms with Gasteiger partial charge in [0.2, 0.25) is 0 Å². The van der Waals surface area contributed by atoms with Gasteiger partial charge in [0.25, 0.3) is 0 Å². The van der Waals surface area contributed by atoms with Crippen LogP contribution in [0.5, 0.6) is 0 Å².